The monoisotopic (exact) mass is 239 g/mol. The third-order valence-corrected chi connectivity index (χ3v) is 2.40. The fourth-order valence-corrected chi connectivity index (χ4v) is 1.35. The Hall–Kier alpha value is -1.53. The van der Waals surface area contributed by atoms with Crippen molar-refractivity contribution in [3.63, 3.8) is 0 Å². The van der Waals surface area contributed by atoms with Crippen LogP contribution in [0.2, 0.25) is 5.02 Å². The van der Waals surface area contributed by atoms with Crippen LogP contribution < -0.4 is 5.32 Å². The molecule has 1 atom stereocenters. The van der Waals surface area contributed by atoms with Crippen molar-refractivity contribution >= 4 is 17.5 Å². The molecule has 0 aliphatic rings. The second kappa shape index (κ2) is 5.53. The highest BCUT2D eigenvalue weighted by atomic mass is 35.5. The van der Waals surface area contributed by atoms with Crippen molar-refractivity contribution in [1.82, 2.24) is 5.32 Å². The van der Waals surface area contributed by atoms with E-state index in [1.807, 2.05) is 6.92 Å². The maximum Gasteiger partial charge on any atom is 0.255 e. The third kappa shape index (κ3) is 2.74. The van der Waals surface area contributed by atoms with E-state index in [0.717, 1.165) is 0 Å². The highest BCUT2D eigenvalue weighted by molar-refractivity contribution is 6.31. The van der Waals surface area contributed by atoms with Crippen LogP contribution >= 0.6 is 11.6 Å². The average molecular weight is 240 g/mol. The number of benzene rings is 1. The number of terminal acetylenes is 1. The summed E-state index contributed by atoms with van der Waals surface area (Å²) < 4.78 is 13.5. The number of hydrogen-bond donors (Lipinski definition) is 1. The Bertz CT molecular complexity index is 439. The van der Waals surface area contributed by atoms with Crippen LogP contribution in [0.4, 0.5) is 4.39 Å². The summed E-state index contributed by atoms with van der Waals surface area (Å²) in [7, 11) is 0. The minimum Gasteiger partial charge on any atom is -0.338 e. The fourth-order valence-electron chi connectivity index (χ4n) is 1.18. The molecule has 0 radical (unpaired) electrons. The molecule has 0 saturated heterocycles. The molecule has 1 aromatic rings. The van der Waals surface area contributed by atoms with Crippen LogP contribution in [-0.2, 0) is 0 Å². The fraction of sp³-hybridized carbons (Fsp3) is 0.250. The molecule has 0 saturated carbocycles. The van der Waals surface area contributed by atoms with E-state index in [1.54, 1.807) is 0 Å². The largest absolute Gasteiger partial charge is 0.338 e. The smallest absolute Gasteiger partial charge is 0.255 e. The van der Waals surface area contributed by atoms with Crippen LogP contribution in [0, 0.1) is 18.2 Å². The Balaban J connectivity index is 2.90. The topological polar surface area (TPSA) is 29.1 Å². The summed E-state index contributed by atoms with van der Waals surface area (Å²) in [5, 5.41) is 2.44. The van der Waals surface area contributed by atoms with Crippen LogP contribution in [-0.4, -0.2) is 11.9 Å². The minimum atomic E-state index is -0.728. The highest BCUT2D eigenvalue weighted by Crippen LogP contribution is 2.17. The van der Waals surface area contributed by atoms with Gasteiger partial charge in [-0.15, -0.1) is 6.42 Å². The normalized spacial score (nSPS) is 11.6. The molecule has 16 heavy (non-hydrogen) atoms. The Kier molecular flexibility index (Phi) is 4.33. The number of halogens is 2. The van der Waals surface area contributed by atoms with Crippen LogP contribution in [0.25, 0.3) is 0 Å². The van der Waals surface area contributed by atoms with Crippen molar-refractivity contribution < 1.29 is 9.18 Å². The highest BCUT2D eigenvalue weighted by Gasteiger charge is 2.15. The van der Waals surface area contributed by atoms with Crippen molar-refractivity contribution in [2.24, 2.45) is 0 Å². The standard InChI is InChI=1S/C12H11ClFNO/c1-3-8(4-2)15-12(16)9-6-5-7-10(13)11(9)14/h1,5-8H,4H2,2H3,(H,15,16). The van der Waals surface area contributed by atoms with Crippen LogP contribution in [0.1, 0.15) is 23.7 Å². The van der Waals surface area contributed by atoms with Gasteiger partial charge in [0.25, 0.3) is 5.91 Å². The van der Waals surface area contributed by atoms with Gasteiger partial charge in [-0.25, -0.2) is 4.39 Å². The number of carbonyl (C=O) groups excluding carboxylic acids is 1. The summed E-state index contributed by atoms with van der Waals surface area (Å²) in [5.41, 5.74) is -0.0961. The maximum absolute atomic E-state index is 13.5. The van der Waals surface area contributed by atoms with Crippen LogP contribution in [0.5, 0.6) is 0 Å². The van der Waals surface area contributed by atoms with Gasteiger partial charge in [-0.3, -0.25) is 4.79 Å². The molecule has 4 heteroatoms. The first-order valence-corrected chi connectivity index (χ1v) is 5.19. The molecule has 1 amide bonds. The summed E-state index contributed by atoms with van der Waals surface area (Å²) in [6.07, 6.45) is 5.78. The van der Waals surface area contributed by atoms with E-state index in [1.165, 1.54) is 18.2 Å². The summed E-state index contributed by atoms with van der Waals surface area (Å²) in [4.78, 5) is 11.6. The van der Waals surface area contributed by atoms with E-state index < -0.39 is 17.8 Å². The molecule has 0 aromatic heterocycles. The van der Waals surface area contributed by atoms with Gasteiger partial charge in [-0.05, 0) is 18.6 Å². The average Bonchev–Trinajstić information content (AvgIpc) is 2.29. The van der Waals surface area contributed by atoms with Gasteiger partial charge in [0.2, 0.25) is 0 Å². The van der Waals surface area contributed by atoms with Crippen molar-refractivity contribution in [3.8, 4) is 12.3 Å². The zero-order valence-corrected chi connectivity index (χ0v) is 9.51. The molecule has 1 unspecified atom stereocenters. The van der Waals surface area contributed by atoms with E-state index in [-0.39, 0.29) is 10.6 Å². The molecule has 0 fully saturated rings. The predicted octanol–water partition coefficient (Wildman–Crippen LogP) is 2.62. The van der Waals surface area contributed by atoms with E-state index in [0.29, 0.717) is 6.42 Å². The summed E-state index contributed by atoms with van der Waals surface area (Å²) in [6.45, 7) is 1.83. The Morgan fingerprint density at radius 3 is 2.94 bits per heavy atom. The van der Waals surface area contributed by atoms with Crippen molar-refractivity contribution in [1.29, 1.82) is 0 Å². The lowest BCUT2D eigenvalue weighted by Crippen LogP contribution is -2.33. The molecule has 1 N–H and O–H groups in total. The molecule has 0 aliphatic heterocycles. The molecule has 1 aromatic carbocycles. The first-order valence-electron chi connectivity index (χ1n) is 4.81. The van der Waals surface area contributed by atoms with Gasteiger partial charge < -0.3 is 5.32 Å². The Morgan fingerprint density at radius 1 is 1.69 bits per heavy atom. The summed E-state index contributed by atoms with van der Waals surface area (Å²) >= 11 is 5.57. The quantitative estimate of drug-likeness (QED) is 0.808. The molecule has 2 nitrogen and oxygen atoms in total. The molecular weight excluding hydrogens is 229 g/mol. The van der Waals surface area contributed by atoms with Gasteiger partial charge in [0, 0.05) is 0 Å². The number of carbonyl (C=O) groups is 1. The first-order chi connectivity index (χ1) is 7.60. The van der Waals surface area contributed by atoms with Gasteiger partial charge in [0.05, 0.1) is 16.6 Å². The first kappa shape index (κ1) is 12.5. The molecule has 84 valence electrons. The minimum absolute atomic E-state index is 0.0820. The van der Waals surface area contributed by atoms with Crippen molar-refractivity contribution in [2.75, 3.05) is 0 Å². The lowest BCUT2D eigenvalue weighted by molar-refractivity contribution is 0.0941. The second-order valence-electron chi connectivity index (χ2n) is 3.20. The number of amides is 1. The molecular formula is C12H11ClFNO. The molecule has 1 rings (SSSR count). The van der Waals surface area contributed by atoms with Gasteiger partial charge >= 0.3 is 0 Å². The molecule has 0 spiro atoms. The van der Waals surface area contributed by atoms with Crippen molar-refractivity contribution in [3.05, 3.63) is 34.6 Å². The Labute approximate surface area is 98.8 Å². The SMILES string of the molecule is C#CC(CC)NC(=O)c1cccc(Cl)c1F. The van der Waals surface area contributed by atoms with E-state index in [9.17, 15) is 9.18 Å². The second-order valence-corrected chi connectivity index (χ2v) is 3.61. The lowest BCUT2D eigenvalue weighted by atomic mass is 10.1. The van der Waals surface area contributed by atoms with Crippen molar-refractivity contribution in [2.45, 2.75) is 19.4 Å². The van der Waals surface area contributed by atoms with Gasteiger partial charge in [0.1, 0.15) is 0 Å². The predicted molar refractivity (Wildman–Crippen MR) is 61.8 cm³/mol. The Morgan fingerprint density at radius 2 is 2.38 bits per heavy atom. The van der Waals surface area contributed by atoms with Crippen LogP contribution in [0.15, 0.2) is 18.2 Å². The molecule has 0 heterocycles. The van der Waals surface area contributed by atoms with E-state index >= 15 is 0 Å². The lowest BCUT2D eigenvalue weighted by Gasteiger charge is -2.11. The summed E-state index contributed by atoms with van der Waals surface area (Å²) in [5.74, 6) is 1.12. The van der Waals surface area contributed by atoms with E-state index in [2.05, 4.69) is 11.2 Å². The third-order valence-electron chi connectivity index (χ3n) is 2.11. The number of hydrogen-bond acceptors (Lipinski definition) is 1. The summed E-state index contributed by atoms with van der Waals surface area (Å²) in [6, 6.07) is 3.86. The van der Waals surface area contributed by atoms with Crippen LogP contribution in [0.3, 0.4) is 0 Å². The maximum atomic E-state index is 13.5. The zero-order chi connectivity index (χ0) is 12.1. The van der Waals surface area contributed by atoms with E-state index in [4.69, 9.17) is 18.0 Å². The number of nitrogens with one attached hydrogen (secondary N) is 1. The van der Waals surface area contributed by atoms with Gasteiger partial charge in [-0.1, -0.05) is 30.5 Å². The van der Waals surface area contributed by atoms with Gasteiger partial charge in [-0.2, -0.15) is 0 Å². The number of rotatable bonds is 3. The molecule has 0 aliphatic carbocycles. The van der Waals surface area contributed by atoms with Gasteiger partial charge in [0.15, 0.2) is 5.82 Å². The zero-order valence-electron chi connectivity index (χ0n) is 8.76. The molecule has 0 bridgehead atoms.